The molecule has 0 aliphatic carbocycles. The minimum absolute atomic E-state index is 0.316. The number of nitrogens with one attached hydrogen (secondary N) is 3. The van der Waals surface area contributed by atoms with Crippen molar-refractivity contribution in [2.45, 2.75) is 25.6 Å². The van der Waals surface area contributed by atoms with Gasteiger partial charge in [-0.1, -0.05) is 12.1 Å². The number of aromatic amines is 1. The van der Waals surface area contributed by atoms with Crippen LogP contribution < -0.4 is 10.6 Å². The fraction of sp³-hybridized carbons (Fsp3) is 0.308. The van der Waals surface area contributed by atoms with Crippen molar-refractivity contribution in [1.82, 2.24) is 20.7 Å². The van der Waals surface area contributed by atoms with Gasteiger partial charge in [-0.3, -0.25) is 0 Å². The summed E-state index contributed by atoms with van der Waals surface area (Å²) in [6.07, 6.45) is -3.13. The van der Waals surface area contributed by atoms with Crippen molar-refractivity contribution in [2.75, 3.05) is 5.32 Å². The average Bonchev–Trinajstić information content (AvgIpc) is 2.91. The molecule has 2 aromatic rings. The molecule has 9 heteroatoms. The summed E-state index contributed by atoms with van der Waals surface area (Å²) >= 11 is 0. The van der Waals surface area contributed by atoms with E-state index in [-0.39, 0.29) is 5.69 Å². The number of alkyl halides is 3. The number of hydrogen-bond donors (Lipinski definition) is 3. The van der Waals surface area contributed by atoms with Gasteiger partial charge >= 0.3 is 12.2 Å². The topological polar surface area (TPSA) is 82.7 Å². The summed E-state index contributed by atoms with van der Waals surface area (Å²) in [5.74, 6) is 0. The highest BCUT2D eigenvalue weighted by molar-refractivity contribution is 5.90. The zero-order valence-corrected chi connectivity index (χ0v) is 11.8. The zero-order valence-electron chi connectivity index (χ0n) is 11.8. The molecule has 0 spiro atoms. The summed E-state index contributed by atoms with van der Waals surface area (Å²) in [5.41, 5.74) is -1.68. The Bertz CT molecular complexity index is 652. The predicted octanol–water partition coefficient (Wildman–Crippen LogP) is 2.88. The first-order chi connectivity index (χ1) is 10.2. The van der Waals surface area contributed by atoms with Gasteiger partial charge in [0, 0.05) is 0 Å². The number of carbonyl (C=O) groups is 1. The monoisotopic (exact) mass is 313 g/mol. The van der Waals surface area contributed by atoms with Crippen molar-refractivity contribution >= 4 is 11.7 Å². The van der Waals surface area contributed by atoms with E-state index in [2.05, 4.69) is 26.0 Å². The minimum atomic E-state index is -4.55. The summed E-state index contributed by atoms with van der Waals surface area (Å²) in [4.78, 5) is 12.0. The number of urea groups is 1. The molecule has 0 aliphatic heterocycles. The van der Waals surface area contributed by atoms with Crippen LogP contribution in [0.4, 0.5) is 23.7 Å². The van der Waals surface area contributed by atoms with E-state index in [0.717, 1.165) is 6.07 Å². The van der Waals surface area contributed by atoms with E-state index < -0.39 is 23.3 Å². The normalized spacial score (nSPS) is 12.0. The van der Waals surface area contributed by atoms with Crippen molar-refractivity contribution in [1.29, 1.82) is 0 Å². The fourth-order valence-corrected chi connectivity index (χ4v) is 1.84. The lowest BCUT2D eigenvalue weighted by Gasteiger charge is -2.24. The molecule has 2 rings (SSSR count). The van der Waals surface area contributed by atoms with Crippen molar-refractivity contribution in [2.24, 2.45) is 0 Å². The van der Waals surface area contributed by atoms with Gasteiger partial charge in [-0.2, -0.15) is 28.6 Å². The smallest absolute Gasteiger partial charge is 0.327 e. The SMILES string of the molecule is CC(C)(NC(=O)Nc1ccccc1C(F)(F)F)c1cn[nH]n1. The molecule has 1 heterocycles. The van der Waals surface area contributed by atoms with E-state index in [0.29, 0.717) is 5.69 Å². The van der Waals surface area contributed by atoms with Crippen LogP contribution in [0.3, 0.4) is 0 Å². The highest BCUT2D eigenvalue weighted by Crippen LogP contribution is 2.34. The molecule has 0 unspecified atom stereocenters. The van der Waals surface area contributed by atoms with Gasteiger partial charge in [-0.25, -0.2) is 4.79 Å². The summed E-state index contributed by atoms with van der Waals surface area (Å²) < 4.78 is 38.6. The Hall–Kier alpha value is -2.58. The Labute approximate surface area is 124 Å². The first kappa shape index (κ1) is 15.8. The zero-order chi connectivity index (χ0) is 16.4. The number of halogens is 3. The van der Waals surface area contributed by atoms with Crippen LogP contribution in [0.2, 0.25) is 0 Å². The minimum Gasteiger partial charge on any atom is -0.327 e. The molecule has 0 aliphatic rings. The molecule has 0 bridgehead atoms. The maximum Gasteiger partial charge on any atom is 0.418 e. The van der Waals surface area contributed by atoms with Crippen LogP contribution in [0.25, 0.3) is 0 Å². The van der Waals surface area contributed by atoms with E-state index >= 15 is 0 Å². The lowest BCUT2D eigenvalue weighted by molar-refractivity contribution is -0.136. The van der Waals surface area contributed by atoms with Crippen LogP contribution in [0.1, 0.15) is 25.1 Å². The number of H-pyrrole nitrogens is 1. The van der Waals surface area contributed by atoms with E-state index in [1.54, 1.807) is 13.8 Å². The molecule has 0 saturated heterocycles. The summed E-state index contributed by atoms with van der Waals surface area (Å²) in [6.45, 7) is 3.31. The van der Waals surface area contributed by atoms with Gasteiger partial charge in [0.25, 0.3) is 0 Å². The van der Waals surface area contributed by atoms with Crippen LogP contribution in [0, 0.1) is 0 Å². The Balaban J connectivity index is 2.14. The fourth-order valence-electron chi connectivity index (χ4n) is 1.84. The van der Waals surface area contributed by atoms with Crippen LogP contribution in [-0.4, -0.2) is 21.4 Å². The number of aromatic nitrogens is 3. The molecular formula is C13H14F3N5O. The van der Waals surface area contributed by atoms with Gasteiger partial charge in [-0.05, 0) is 26.0 Å². The molecule has 6 nitrogen and oxygen atoms in total. The third kappa shape index (κ3) is 3.54. The van der Waals surface area contributed by atoms with E-state index in [1.807, 2.05) is 0 Å². The molecule has 0 atom stereocenters. The van der Waals surface area contributed by atoms with E-state index in [1.165, 1.54) is 24.4 Å². The molecule has 22 heavy (non-hydrogen) atoms. The third-order valence-electron chi connectivity index (χ3n) is 2.96. The highest BCUT2D eigenvalue weighted by atomic mass is 19.4. The van der Waals surface area contributed by atoms with Gasteiger partial charge in [0.05, 0.1) is 23.0 Å². The molecule has 2 amide bonds. The number of para-hydroxylation sites is 1. The number of benzene rings is 1. The number of rotatable bonds is 3. The Kier molecular flexibility index (Phi) is 4.07. The maximum atomic E-state index is 12.9. The lowest BCUT2D eigenvalue weighted by atomic mass is 10.0. The second kappa shape index (κ2) is 5.66. The summed E-state index contributed by atoms with van der Waals surface area (Å²) in [7, 11) is 0. The van der Waals surface area contributed by atoms with E-state index in [4.69, 9.17) is 0 Å². The van der Waals surface area contributed by atoms with Gasteiger partial charge in [-0.15, -0.1) is 0 Å². The second-order valence-corrected chi connectivity index (χ2v) is 5.10. The molecule has 118 valence electrons. The van der Waals surface area contributed by atoms with Crippen LogP contribution in [0.15, 0.2) is 30.5 Å². The van der Waals surface area contributed by atoms with Crippen LogP contribution in [0.5, 0.6) is 0 Å². The standard InChI is InChI=1S/C13H14F3N5O/c1-12(2,10-7-17-21-20-10)19-11(22)18-9-6-4-3-5-8(9)13(14,15)16/h3-7H,1-2H3,(H,17,20,21)(H2,18,19,22). The van der Waals surface area contributed by atoms with Gasteiger partial charge in [0.15, 0.2) is 0 Å². The van der Waals surface area contributed by atoms with E-state index in [9.17, 15) is 18.0 Å². The van der Waals surface area contributed by atoms with Crippen molar-refractivity contribution < 1.29 is 18.0 Å². The van der Waals surface area contributed by atoms with Gasteiger partial charge in [0.1, 0.15) is 5.69 Å². The molecule has 1 aromatic heterocycles. The number of carbonyl (C=O) groups excluding carboxylic acids is 1. The molecule has 0 fully saturated rings. The highest BCUT2D eigenvalue weighted by Gasteiger charge is 2.34. The number of hydrogen-bond acceptors (Lipinski definition) is 3. The largest absolute Gasteiger partial charge is 0.418 e. The summed E-state index contributed by atoms with van der Waals surface area (Å²) in [5, 5.41) is 14.6. The molecule has 0 saturated carbocycles. The van der Waals surface area contributed by atoms with Crippen molar-refractivity contribution in [3.63, 3.8) is 0 Å². The number of anilines is 1. The molecular weight excluding hydrogens is 299 g/mol. The number of nitrogens with zero attached hydrogens (tertiary/aromatic N) is 2. The summed E-state index contributed by atoms with van der Waals surface area (Å²) in [6, 6.07) is 3.98. The molecule has 0 radical (unpaired) electrons. The Morgan fingerprint density at radius 1 is 1.23 bits per heavy atom. The van der Waals surface area contributed by atoms with Gasteiger partial charge in [0.2, 0.25) is 0 Å². The number of amides is 2. The predicted molar refractivity (Wildman–Crippen MR) is 73.0 cm³/mol. The van der Waals surface area contributed by atoms with Crippen molar-refractivity contribution in [3.05, 3.63) is 41.7 Å². The maximum absolute atomic E-state index is 12.9. The Morgan fingerprint density at radius 3 is 2.50 bits per heavy atom. The van der Waals surface area contributed by atoms with Gasteiger partial charge < -0.3 is 10.6 Å². The van der Waals surface area contributed by atoms with Crippen LogP contribution in [-0.2, 0) is 11.7 Å². The lowest BCUT2D eigenvalue weighted by Crippen LogP contribution is -2.43. The van der Waals surface area contributed by atoms with Crippen LogP contribution >= 0.6 is 0 Å². The Morgan fingerprint density at radius 2 is 1.91 bits per heavy atom. The third-order valence-corrected chi connectivity index (χ3v) is 2.96. The average molecular weight is 313 g/mol. The molecule has 1 aromatic carbocycles. The molecule has 3 N–H and O–H groups in total. The first-order valence-corrected chi connectivity index (χ1v) is 6.32. The van der Waals surface area contributed by atoms with Crippen molar-refractivity contribution in [3.8, 4) is 0 Å². The first-order valence-electron chi connectivity index (χ1n) is 6.32. The second-order valence-electron chi connectivity index (χ2n) is 5.10. The quantitative estimate of drug-likeness (QED) is 0.815.